The largest absolute Gasteiger partial charge is 0.0955 e. The van der Waals surface area contributed by atoms with Crippen LogP contribution in [0.1, 0.15) is 12.5 Å². The minimum atomic E-state index is 1.09. The highest BCUT2D eigenvalue weighted by Crippen LogP contribution is 2.32. The summed E-state index contributed by atoms with van der Waals surface area (Å²) in [7, 11) is 0. The van der Waals surface area contributed by atoms with Gasteiger partial charge in [0.25, 0.3) is 0 Å². The molecule has 0 aliphatic carbocycles. The van der Waals surface area contributed by atoms with Crippen LogP contribution in [0.2, 0.25) is 0 Å². The average molecular weight is 270 g/mol. The van der Waals surface area contributed by atoms with Gasteiger partial charge in [0.2, 0.25) is 0 Å². The number of rotatable bonds is 3. The van der Waals surface area contributed by atoms with Gasteiger partial charge < -0.3 is 0 Å². The Morgan fingerprint density at radius 1 is 0.667 bits per heavy atom. The lowest BCUT2D eigenvalue weighted by Crippen LogP contribution is -1.86. The first-order valence-electron chi connectivity index (χ1n) is 7.16. The molecule has 0 atom stereocenters. The van der Waals surface area contributed by atoms with E-state index in [4.69, 9.17) is 0 Å². The zero-order valence-corrected chi connectivity index (χ0v) is 12.2. The molecule has 3 aromatic carbocycles. The molecule has 0 spiro atoms. The molecular weight excluding hydrogens is 252 g/mol. The van der Waals surface area contributed by atoms with Crippen molar-refractivity contribution in [2.75, 3.05) is 0 Å². The molecule has 0 fully saturated rings. The predicted octanol–water partition coefficient (Wildman–Crippen LogP) is 6.05. The van der Waals surface area contributed by atoms with Crippen molar-refractivity contribution in [1.29, 1.82) is 0 Å². The van der Waals surface area contributed by atoms with Gasteiger partial charge in [0, 0.05) is 0 Å². The maximum atomic E-state index is 4.04. The summed E-state index contributed by atoms with van der Waals surface area (Å²) < 4.78 is 0. The van der Waals surface area contributed by atoms with Crippen molar-refractivity contribution >= 4 is 5.57 Å². The van der Waals surface area contributed by atoms with Gasteiger partial charge in [0.15, 0.2) is 0 Å². The summed E-state index contributed by atoms with van der Waals surface area (Å²) in [6, 6.07) is 27.6. The average Bonchev–Trinajstić information content (AvgIpc) is 2.56. The normalized spacial score (nSPS) is 10.3. The minimum absolute atomic E-state index is 1.09. The first kappa shape index (κ1) is 13.4. The van der Waals surface area contributed by atoms with Crippen molar-refractivity contribution in [2.24, 2.45) is 0 Å². The van der Waals surface area contributed by atoms with Crippen LogP contribution in [-0.4, -0.2) is 0 Å². The summed E-state index contributed by atoms with van der Waals surface area (Å²) >= 11 is 0. The quantitative estimate of drug-likeness (QED) is 0.543. The van der Waals surface area contributed by atoms with Gasteiger partial charge in [-0.25, -0.2) is 0 Å². The maximum absolute atomic E-state index is 4.04. The SMILES string of the molecule is C=C(C)c1cccc(-c2ccccc2-c2ccccc2)c1. The summed E-state index contributed by atoms with van der Waals surface area (Å²) in [5, 5.41) is 0. The molecule has 0 amide bonds. The van der Waals surface area contributed by atoms with Crippen LogP contribution in [0.4, 0.5) is 0 Å². The molecule has 0 bridgehead atoms. The van der Waals surface area contributed by atoms with Gasteiger partial charge in [-0.3, -0.25) is 0 Å². The Morgan fingerprint density at radius 2 is 1.24 bits per heavy atom. The number of benzene rings is 3. The second-order valence-corrected chi connectivity index (χ2v) is 5.27. The maximum Gasteiger partial charge on any atom is -0.0105 e. The van der Waals surface area contributed by atoms with Crippen LogP contribution in [0.3, 0.4) is 0 Å². The molecule has 0 aliphatic rings. The van der Waals surface area contributed by atoms with Gasteiger partial charge in [-0.1, -0.05) is 84.9 Å². The first-order valence-corrected chi connectivity index (χ1v) is 7.16. The molecule has 0 saturated carbocycles. The van der Waals surface area contributed by atoms with E-state index in [2.05, 4.69) is 79.4 Å². The monoisotopic (exact) mass is 270 g/mol. The van der Waals surface area contributed by atoms with Crippen LogP contribution < -0.4 is 0 Å². The van der Waals surface area contributed by atoms with Crippen molar-refractivity contribution in [3.63, 3.8) is 0 Å². The zero-order chi connectivity index (χ0) is 14.7. The lowest BCUT2D eigenvalue weighted by Gasteiger charge is -2.11. The molecule has 0 N–H and O–H groups in total. The Labute approximate surface area is 126 Å². The van der Waals surface area contributed by atoms with Crippen LogP contribution in [0, 0.1) is 0 Å². The highest BCUT2D eigenvalue weighted by Gasteiger charge is 2.07. The van der Waals surface area contributed by atoms with Gasteiger partial charge in [0.05, 0.1) is 0 Å². The van der Waals surface area contributed by atoms with Crippen LogP contribution in [0.25, 0.3) is 27.8 Å². The van der Waals surface area contributed by atoms with E-state index in [9.17, 15) is 0 Å². The lowest BCUT2D eigenvalue weighted by atomic mass is 9.93. The number of hydrogen-bond donors (Lipinski definition) is 0. The smallest absolute Gasteiger partial charge is 0.0105 e. The van der Waals surface area contributed by atoms with Crippen molar-refractivity contribution < 1.29 is 0 Å². The summed E-state index contributed by atoms with van der Waals surface area (Å²) in [6.45, 7) is 6.08. The summed E-state index contributed by atoms with van der Waals surface area (Å²) in [5.41, 5.74) is 7.27. The van der Waals surface area contributed by atoms with Gasteiger partial charge in [-0.05, 0) is 40.8 Å². The summed E-state index contributed by atoms with van der Waals surface area (Å²) in [5.74, 6) is 0. The second kappa shape index (κ2) is 5.80. The van der Waals surface area contributed by atoms with E-state index in [0.717, 1.165) is 5.57 Å². The van der Waals surface area contributed by atoms with Crippen LogP contribution in [0.5, 0.6) is 0 Å². The van der Waals surface area contributed by atoms with Gasteiger partial charge in [-0.15, -0.1) is 0 Å². The first-order chi connectivity index (χ1) is 10.3. The van der Waals surface area contributed by atoms with E-state index in [-0.39, 0.29) is 0 Å². The van der Waals surface area contributed by atoms with E-state index < -0.39 is 0 Å². The predicted molar refractivity (Wildman–Crippen MR) is 92.0 cm³/mol. The molecule has 0 nitrogen and oxygen atoms in total. The highest BCUT2D eigenvalue weighted by molar-refractivity contribution is 5.84. The van der Waals surface area contributed by atoms with Crippen molar-refractivity contribution in [1.82, 2.24) is 0 Å². The fraction of sp³-hybridized carbons (Fsp3) is 0.0476. The summed E-state index contributed by atoms with van der Waals surface area (Å²) in [4.78, 5) is 0. The van der Waals surface area contributed by atoms with Crippen molar-refractivity contribution in [3.05, 3.63) is 91.0 Å². The molecule has 0 aliphatic heterocycles. The molecule has 0 heteroatoms. The molecule has 0 radical (unpaired) electrons. The number of hydrogen-bond acceptors (Lipinski definition) is 0. The van der Waals surface area contributed by atoms with E-state index in [0.29, 0.717) is 0 Å². The van der Waals surface area contributed by atoms with Crippen LogP contribution >= 0.6 is 0 Å². The molecule has 21 heavy (non-hydrogen) atoms. The van der Waals surface area contributed by atoms with Gasteiger partial charge in [0.1, 0.15) is 0 Å². The fourth-order valence-corrected chi connectivity index (χ4v) is 2.56. The molecule has 3 aromatic rings. The molecular formula is C21H18. The molecule has 102 valence electrons. The van der Waals surface area contributed by atoms with Crippen molar-refractivity contribution in [3.8, 4) is 22.3 Å². The fourth-order valence-electron chi connectivity index (χ4n) is 2.56. The summed E-state index contributed by atoms with van der Waals surface area (Å²) in [6.07, 6.45) is 0. The Kier molecular flexibility index (Phi) is 3.70. The Balaban J connectivity index is 2.16. The number of allylic oxidation sites excluding steroid dienone is 1. The van der Waals surface area contributed by atoms with Crippen LogP contribution in [-0.2, 0) is 0 Å². The molecule has 0 saturated heterocycles. The third-order valence-electron chi connectivity index (χ3n) is 3.68. The Hall–Kier alpha value is -2.60. The van der Waals surface area contributed by atoms with E-state index in [1.807, 2.05) is 13.0 Å². The van der Waals surface area contributed by atoms with E-state index >= 15 is 0 Å². The molecule has 0 heterocycles. The molecule has 0 aromatic heterocycles. The highest BCUT2D eigenvalue weighted by atomic mass is 14.1. The minimum Gasteiger partial charge on any atom is -0.0955 e. The Morgan fingerprint density at radius 3 is 1.90 bits per heavy atom. The zero-order valence-electron chi connectivity index (χ0n) is 12.2. The van der Waals surface area contributed by atoms with Gasteiger partial charge in [-0.2, -0.15) is 0 Å². The Bertz CT molecular complexity index is 767. The lowest BCUT2D eigenvalue weighted by molar-refractivity contribution is 1.54. The molecule has 0 unspecified atom stereocenters. The van der Waals surface area contributed by atoms with Gasteiger partial charge >= 0.3 is 0 Å². The third-order valence-corrected chi connectivity index (χ3v) is 3.68. The van der Waals surface area contributed by atoms with Crippen molar-refractivity contribution in [2.45, 2.75) is 6.92 Å². The van der Waals surface area contributed by atoms with E-state index in [1.165, 1.54) is 27.8 Å². The second-order valence-electron chi connectivity index (χ2n) is 5.27. The van der Waals surface area contributed by atoms with E-state index in [1.54, 1.807) is 0 Å². The standard InChI is InChI=1S/C21H18/c1-16(2)18-11-8-12-19(15-18)21-14-7-6-13-20(21)17-9-4-3-5-10-17/h3-15H,1H2,2H3. The van der Waals surface area contributed by atoms with Crippen LogP contribution in [0.15, 0.2) is 85.4 Å². The molecule has 3 rings (SSSR count). The third kappa shape index (κ3) is 2.80. The topological polar surface area (TPSA) is 0 Å².